The zero-order chi connectivity index (χ0) is 20.1. The van der Waals surface area contributed by atoms with E-state index in [0.29, 0.717) is 16.5 Å². The van der Waals surface area contributed by atoms with E-state index >= 15 is 0 Å². The molecule has 0 spiro atoms. The smallest absolute Gasteiger partial charge is 0.346 e. The van der Waals surface area contributed by atoms with E-state index in [1.54, 1.807) is 19.9 Å². The molecule has 7 nitrogen and oxygen atoms in total. The minimum Gasteiger partial charge on any atom is -0.477 e. The van der Waals surface area contributed by atoms with Gasteiger partial charge < -0.3 is 18.6 Å². The molecule has 1 atom stereocenters. The maximum atomic E-state index is 12.3. The number of methoxy groups -OCH3 is 1. The number of aryl methyl sites for hydroxylation is 1. The van der Waals surface area contributed by atoms with Gasteiger partial charge in [-0.25, -0.2) is 9.59 Å². The molecule has 0 amide bonds. The number of benzene rings is 1. The predicted molar refractivity (Wildman–Crippen MR) is 99.3 cm³/mol. The van der Waals surface area contributed by atoms with Gasteiger partial charge in [0.15, 0.2) is 6.10 Å². The average molecular weight is 397 g/mol. The summed E-state index contributed by atoms with van der Waals surface area (Å²) in [7, 11) is 1.25. The van der Waals surface area contributed by atoms with E-state index < -0.39 is 17.7 Å². The lowest BCUT2D eigenvalue weighted by Crippen LogP contribution is -2.25. The number of carbonyl (C=O) groups is 2. The second kappa shape index (κ2) is 8.90. The molecule has 8 heteroatoms. The van der Waals surface area contributed by atoms with Gasteiger partial charge in [-0.15, -0.1) is 0 Å². The second-order valence-corrected chi connectivity index (χ2v) is 6.27. The quantitative estimate of drug-likeness (QED) is 0.524. The van der Waals surface area contributed by atoms with Crippen molar-refractivity contribution in [3.8, 4) is 5.75 Å². The first-order valence-corrected chi connectivity index (χ1v) is 8.82. The zero-order valence-corrected chi connectivity index (χ0v) is 16.3. The lowest BCUT2D eigenvalue weighted by atomic mass is 10.0. The molecule has 0 fully saturated rings. The van der Waals surface area contributed by atoms with E-state index in [2.05, 4.69) is 4.74 Å². The van der Waals surface area contributed by atoms with E-state index in [0.717, 1.165) is 0 Å². The van der Waals surface area contributed by atoms with Crippen LogP contribution in [0.2, 0.25) is 5.02 Å². The van der Waals surface area contributed by atoms with Crippen LogP contribution in [0.3, 0.4) is 0 Å². The predicted octanol–water partition coefficient (Wildman–Crippen LogP) is 3.19. The minimum absolute atomic E-state index is 0.0799. The van der Waals surface area contributed by atoms with Gasteiger partial charge in [0, 0.05) is 23.4 Å². The van der Waals surface area contributed by atoms with E-state index in [1.165, 1.54) is 20.1 Å². The summed E-state index contributed by atoms with van der Waals surface area (Å²) in [4.78, 5) is 35.4. The molecule has 0 saturated heterocycles. The van der Waals surface area contributed by atoms with Crippen LogP contribution in [0.15, 0.2) is 21.3 Å². The van der Waals surface area contributed by atoms with Crippen molar-refractivity contribution in [2.24, 2.45) is 0 Å². The molecule has 1 heterocycles. The average Bonchev–Trinajstić information content (AvgIpc) is 2.62. The molecule has 1 aromatic carbocycles. The third kappa shape index (κ3) is 4.80. The second-order valence-electron chi connectivity index (χ2n) is 5.86. The Morgan fingerprint density at radius 3 is 2.63 bits per heavy atom. The number of ether oxygens (including phenoxy) is 3. The molecule has 0 N–H and O–H groups in total. The molecule has 0 unspecified atom stereocenters. The third-order valence-corrected chi connectivity index (χ3v) is 4.36. The fraction of sp³-hybridized carbons (Fsp3) is 0.421. The molecule has 27 heavy (non-hydrogen) atoms. The van der Waals surface area contributed by atoms with Crippen molar-refractivity contribution in [1.82, 2.24) is 0 Å². The number of fused-ring (bicyclic) bond motifs is 1. The Morgan fingerprint density at radius 1 is 1.30 bits per heavy atom. The molecule has 0 aliphatic carbocycles. The Hall–Kier alpha value is -2.54. The highest BCUT2D eigenvalue weighted by atomic mass is 35.5. The van der Waals surface area contributed by atoms with Crippen LogP contribution in [-0.4, -0.2) is 31.8 Å². The Bertz CT molecular complexity index is 916. The number of hydrogen-bond donors (Lipinski definition) is 0. The number of halogens is 1. The lowest BCUT2D eigenvalue weighted by molar-refractivity contribution is -0.148. The lowest BCUT2D eigenvalue weighted by Gasteiger charge is -2.15. The topological polar surface area (TPSA) is 92.0 Å². The summed E-state index contributed by atoms with van der Waals surface area (Å²) in [6.45, 7) is 5.28. The van der Waals surface area contributed by atoms with Crippen LogP contribution in [0.25, 0.3) is 11.0 Å². The van der Waals surface area contributed by atoms with Gasteiger partial charge in [0.05, 0.1) is 18.7 Å². The molecule has 0 aliphatic heterocycles. The van der Waals surface area contributed by atoms with Crippen molar-refractivity contribution in [3.05, 3.63) is 38.7 Å². The SMILES string of the molecule is CCOC(=O)CCc1c(C)c2cc(Cl)c(O[C@H](C)C(=O)OC)cc2oc1=O. The third-order valence-electron chi connectivity index (χ3n) is 4.06. The fourth-order valence-electron chi connectivity index (χ4n) is 2.63. The van der Waals surface area contributed by atoms with Crippen LogP contribution in [0, 0.1) is 6.92 Å². The monoisotopic (exact) mass is 396 g/mol. The largest absolute Gasteiger partial charge is 0.477 e. The van der Waals surface area contributed by atoms with Gasteiger partial charge in [0.1, 0.15) is 11.3 Å². The van der Waals surface area contributed by atoms with Crippen molar-refractivity contribution < 1.29 is 28.2 Å². The van der Waals surface area contributed by atoms with Crippen LogP contribution in [0.5, 0.6) is 5.75 Å². The summed E-state index contributed by atoms with van der Waals surface area (Å²) in [6, 6.07) is 3.06. The highest BCUT2D eigenvalue weighted by Crippen LogP contribution is 2.32. The maximum absolute atomic E-state index is 12.3. The number of esters is 2. The standard InChI is InChI=1S/C19H21ClO7/c1-5-25-17(21)7-6-12-10(2)13-8-14(20)16(9-15(13)27-19(12)23)26-11(3)18(22)24-4/h8-9,11H,5-7H2,1-4H3/t11-/m1/s1. The van der Waals surface area contributed by atoms with Crippen LogP contribution in [0.1, 0.15) is 31.4 Å². The summed E-state index contributed by atoms with van der Waals surface area (Å²) in [6.07, 6.45) is -0.587. The molecule has 0 saturated carbocycles. The number of hydrogen-bond acceptors (Lipinski definition) is 7. The van der Waals surface area contributed by atoms with Gasteiger partial charge in [-0.05, 0) is 38.8 Å². The molecule has 1 aromatic heterocycles. The van der Waals surface area contributed by atoms with E-state index in [-0.39, 0.29) is 41.8 Å². The summed E-state index contributed by atoms with van der Waals surface area (Å²) in [5.41, 5.74) is 0.788. The van der Waals surface area contributed by atoms with Crippen molar-refractivity contribution in [2.75, 3.05) is 13.7 Å². The Balaban J connectivity index is 2.38. The Labute approximate surface area is 161 Å². The molecule has 0 radical (unpaired) electrons. The maximum Gasteiger partial charge on any atom is 0.346 e. The molecule has 146 valence electrons. The van der Waals surface area contributed by atoms with Gasteiger partial charge in [-0.1, -0.05) is 11.6 Å². The summed E-state index contributed by atoms with van der Waals surface area (Å²) < 4.78 is 20.4. The van der Waals surface area contributed by atoms with Gasteiger partial charge in [-0.3, -0.25) is 4.79 Å². The van der Waals surface area contributed by atoms with Gasteiger partial charge in [0.2, 0.25) is 0 Å². The van der Waals surface area contributed by atoms with Crippen LogP contribution in [0.4, 0.5) is 0 Å². The first-order valence-electron chi connectivity index (χ1n) is 8.44. The van der Waals surface area contributed by atoms with Gasteiger partial charge >= 0.3 is 17.6 Å². The summed E-state index contributed by atoms with van der Waals surface area (Å²) >= 11 is 6.26. The minimum atomic E-state index is -0.873. The van der Waals surface area contributed by atoms with E-state index in [9.17, 15) is 14.4 Å². The highest BCUT2D eigenvalue weighted by molar-refractivity contribution is 6.32. The summed E-state index contributed by atoms with van der Waals surface area (Å²) in [5.74, 6) is -0.739. The highest BCUT2D eigenvalue weighted by Gasteiger charge is 2.19. The molecular weight excluding hydrogens is 376 g/mol. The van der Waals surface area contributed by atoms with Crippen LogP contribution < -0.4 is 10.4 Å². The normalized spacial score (nSPS) is 11.9. The number of rotatable bonds is 7. The molecule has 0 aliphatic rings. The molecular formula is C19H21ClO7. The molecule has 0 bridgehead atoms. The Morgan fingerprint density at radius 2 is 2.00 bits per heavy atom. The van der Waals surface area contributed by atoms with E-state index in [4.69, 9.17) is 25.5 Å². The van der Waals surface area contributed by atoms with Crippen molar-refractivity contribution in [2.45, 2.75) is 39.7 Å². The van der Waals surface area contributed by atoms with E-state index in [1.807, 2.05) is 0 Å². The number of carbonyl (C=O) groups excluding carboxylic acids is 2. The van der Waals surface area contributed by atoms with Crippen molar-refractivity contribution in [1.29, 1.82) is 0 Å². The van der Waals surface area contributed by atoms with Crippen LogP contribution in [-0.2, 0) is 25.5 Å². The first kappa shape index (κ1) is 20.8. The fourth-order valence-corrected chi connectivity index (χ4v) is 2.84. The van der Waals surface area contributed by atoms with Crippen molar-refractivity contribution >= 4 is 34.5 Å². The van der Waals surface area contributed by atoms with Gasteiger partial charge in [-0.2, -0.15) is 0 Å². The van der Waals surface area contributed by atoms with Gasteiger partial charge in [0.25, 0.3) is 0 Å². The van der Waals surface area contributed by atoms with Crippen LogP contribution >= 0.6 is 11.6 Å². The molecule has 2 rings (SSSR count). The zero-order valence-electron chi connectivity index (χ0n) is 15.6. The van der Waals surface area contributed by atoms with Crippen molar-refractivity contribution in [3.63, 3.8) is 0 Å². The Kier molecular flexibility index (Phi) is 6.85. The summed E-state index contributed by atoms with van der Waals surface area (Å²) in [5, 5.41) is 0.878. The molecule has 2 aromatic rings. The first-order chi connectivity index (χ1) is 12.8.